The molecule has 25 heavy (non-hydrogen) atoms. The predicted molar refractivity (Wildman–Crippen MR) is 103 cm³/mol. The number of ether oxygens (including phenoxy) is 1. The summed E-state index contributed by atoms with van der Waals surface area (Å²) in [5.74, 6) is -0.944. The molecule has 0 aliphatic rings. The van der Waals surface area contributed by atoms with Gasteiger partial charge in [0.05, 0.1) is 6.61 Å². The van der Waals surface area contributed by atoms with Gasteiger partial charge in [0.1, 0.15) is 0 Å². The Morgan fingerprint density at radius 2 is 1.24 bits per heavy atom. The fourth-order valence-corrected chi connectivity index (χ4v) is 2.61. The lowest BCUT2D eigenvalue weighted by atomic mass is 10.0. The van der Waals surface area contributed by atoms with Gasteiger partial charge in [0.2, 0.25) is 0 Å². The largest absolute Gasteiger partial charge is 0.481 e. The molecule has 4 heteroatoms. The highest BCUT2D eigenvalue weighted by Crippen LogP contribution is 2.12. The third-order valence-electron chi connectivity index (χ3n) is 4.07. The third-order valence-corrected chi connectivity index (χ3v) is 4.07. The summed E-state index contributed by atoms with van der Waals surface area (Å²) in [7, 11) is 0. The number of carboxylic acids is 1. The molecule has 0 spiro atoms. The van der Waals surface area contributed by atoms with Gasteiger partial charge in [-0.3, -0.25) is 4.79 Å². The van der Waals surface area contributed by atoms with Gasteiger partial charge in [0.25, 0.3) is 0 Å². The molecule has 4 nitrogen and oxygen atoms in total. The quantitative estimate of drug-likeness (QED) is 0.155. The predicted octanol–water partition coefficient (Wildman–Crippen LogP) is 5.82. The molecule has 0 aromatic heterocycles. The Bertz CT molecular complexity index is 385. The van der Waals surface area contributed by atoms with Crippen LogP contribution in [0.2, 0.25) is 0 Å². The van der Waals surface area contributed by atoms with Crippen LogP contribution in [0, 0.1) is 0 Å². The number of aliphatic carboxylic acids is 1. The van der Waals surface area contributed by atoms with Crippen molar-refractivity contribution in [2.45, 2.75) is 90.4 Å². The summed E-state index contributed by atoms with van der Waals surface area (Å²) in [6.07, 6.45) is 21.0. The highest BCUT2D eigenvalue weighted by atomic mass is 16.5. The number of carbonyl (C=O) groups excluding carboxylic acids is 1. The second-order valence-electron chi connectivity index (χ2n) is 6.44. The van der Waals surface area contributed by atoms with Crippen LogP contribution in [-0.4, -0.2) is 23.7 Å². The van der Waals surface area contributed by atoms with Crippen LogP contribution in [0.3, 0.4) is 0 Å². The van der Waals surface area contributed by atoms with E-state index in [4.69, 9.17) is 9.84 Å². The molecular formula is C21H36O4. The van der Waals surface area contributed by atoms with Crippen LogP contribution in [0.25, 0.3) is 0 Å². The summed E-state index contributed by atoms with van der Waals surface area (Å²) < 4.78 is 5.11. The molecule has 0 radical (unpaired) electrons. The van der Waals surface area contributed by atoms with Crippen molar-refractivity contribution < 1.29 is 19.4 Å². The molecule has 0 saturated heterocycles. The van der Waals surface area contributed by atoms with Crippen molar-refractivity contribution >= 4 is 11.9 Å². The first-order chi connectivity index (χ1) is 12.2. The summed E-state index contributed by atoms with van der Waals surface area (Å²) in [6.45, 7) is 2.42. The number of allylic oxidation sites excluding steroid dienone is 3. The average molecular weight is 353 g/mol. The molecule has 0 heterocycles. The van der Waals surface area contributed by atoms with Crippen molar-refractivity contribution in [3.63, 3.8) is 0 Å². The minimum Gasteiger partial charge on any atom is -0.481 e. The second-order valence-corrected chi connectivity index (χ2v) is 6.44. The standard InChI is InChI=1S/C21H36O4/c1-2-3-14-18-21(24)25-19-16-13-11-9-7-5-4-6-8-10-12-15-17-20(22)23/h2-3,14,18H,4-13,15-17,19H2,1H3,(H,22,23)/b3-2+,18-14+. The molecule has 0 unspecified atom stereocenters. The molecule has 0 aliphatic carbocycles. The zero-order valence-electron chi connectivity index (χ0n) is 15.9. The topological polar surface area (TPSA) is 63.6 Å². The third kappa shape index (κ3) is 20.4. The number of carboxylic acid groups (broad SMARTS) is 1. The van der Waals surface area contributed by atoms with E-state index in [1.165, 1.54) is 51.0 Å². The first-order valence-corrected chi connectivity index (χ1v) is 9.84. The molecule has 1 N–H and O–H groups in total. The molecular weight excluding hydrogens is 316 g/mol. The van der Waals surface area contributed by atoms with Gasteiger partial charge in [-0.05, 0) is 19.8 Å². The van der Waals surface area contributed by atoms with E-state index >= 15 is 0 Å². The maximum atomic E-state index is 11.3. The zero-order valence-corrected chi connectivity index (χ0v) is 15.9. The van der Waals surface area contributed by atoms with Crippen LogP contribution in [0.1, 0.15) is 90.4 Å². The summed E-state index contributed by atoms with van der Waals surface area (Å²) >= 11 is 0. The van der Waals surface area contributed by atoms with Crippen LogP contribution < -0.4 is 0 Å². The van der Waals surface area contributed by atoms with Crippen LogP contribution in [-0.2, 0) is 14.3 Å². The van der Waals surface area contributed by atoms with Gasteiger partial charge in [0, 0.05) is 12.5 Å². The maximum absolute atomic E-state index is 11.3. The average Bonchev–Trinajstić information content (AvgIpc) is 2.58. The molecule has 144 valence electrons. The molecule has 0 bridgehead atoms. The van der Waals surface area contributed by atoms with Crippen molar-refractivity contribution in [3.05, 3.63) is 24.3 Å². The monoisotopic (exact) mass is 352 g/mol. The number of esters is 1. The first-order valence-electron chi connectivity index (χ1n) is 9.84. The molecule has 0 amide bonds. The van der Waals surface area contributed by atoms with E-state index in [0.717, 1.165) is 32.1 Å². The molecule has 0 atom stereocenters. The van der Waals surface area contributed by atoms with Crippen LogP contribution in [0.5, 0.6) is 0 Å². The smallest absolute Gasteiger partial charge is 0.330 e. The Hall–Kier alpha value is -1.58. The minimum atomic E-state index is -0.681. The van der Waals surface area contributed by atoms with Gasteiger partial charge in [-0.15, -0.1) is 0 Å². The number of hydrogen-bond acceptors (Lipinski definition) is 3. The Labute approximate surface area is 153 Å². The van der Waals surface area contributed by atoms with Crippen LogP contribution >= 0.6 is 0 Å². The number of hydrogen-bond donors (Lipinski definition) is 1. The van der Waals surface area contributed by atoms with Gasteiger partial charge in [0.15, 0.2) is 0 Å². The molecule has 0 aromatic rings. The highest BCUT2D eigenvalue weighted by Gasteiger charge is 1.98. The Balaban J connectivity index is 3.16. The van der Waals surface area contributed by atoms with E-state index in [9.17, 15) is 9.59 Å². The first kappa shape index (κ1) is 23.4. The highest BCUT2D eigenvalue weighted by molar-refractivity contribution is 5.82. The number of rotatable bonds is 17. The van der Waals surface area contributed by atoms with E-state index in [1.54, 1.807) is 12.2 Å². The van der Waals surface area contributed by atoms with Gasteiger partial charge in [-0.1, -0.05) is 82.4 Å². The SMILES string of the molecule is C/C=C/C=C/C(=O)OCCCCCCCCCCCCCCC(=O)O. The van der Waals surface area contributed by atoms with E-state index in [1.807, 2.05) is 13.0 Å². The summed E-state index contributed by atoms with van der Waals surface area (Å²) in [5, 5.41) is 8.54. The molecule has 0 aromatic carbocycles. The molecule has 0 saturated carbocycles. The Morgan fingerprint density at radius 1 is 0.760 bits per heavy atom. The summed E-state index contributed by atoms with van der Waals surface area (Å²) in [6, 6.07) is 0. The summed E-state index contributed by atoms with van der Waals surface area (Å²) in [4.78, 5) is 21.7. The van der Waals surface area contributed by atoms with Crippen molar-refractivity contribution in [1.82, 2.24) is 0 Å². The van der Waals surface area contributed by atoms with Gasteiger partial charge in [-0.2, -0.15) is 0 Å². The Morgan fingerprint density at radius 3 is 1.72 bits per heavy atom. The van der Waals surface area contributed by atoms with Crippen LogP contribution in [0.4, 0.5) is 0 Å². The fourth-order valence-electron chi connectivity index (χ4n) is 2.61. The van der Waals surface area contributed by atoms with Gasteiger partial charge >= 0.3 is 11.9 Å². The lowest BCUT2D eigenvalue weighted by molar-refractivity contribution is -0.138. The molecule has 0 rings (SSSR count). The van der Waals surface area contributed by atoms with Gasteiger partial charge in [-0.25, -0.2) is 4.79 Å². The van der Waals surface area contributed by atoms with E-state index in [-0.39, 0.29) is 5.97 Å². The molecule has 0 fully saturated rings. The minimum absolute atomic E-state index is 0.263. The van der Waals surface area contributed by atoms with Gasteiger partial charge < -0.3 is 9.84 Å². The fraction of sp³-hybridized carbons (Fsp3) is 0.714. The van der Waals surface area contributed by atoms with Crippen molar-refractivity contribution in [2.75, 3.05) is 6.61 Å². The van der Waals surface area contributed by atoms with Crippen molar-refractivity contribution in [2.24, 2.45) is 0 Å². The zero-order chi connectivity index (χ0) is 18.6. The van der Waals surface area contributed by atoms with Crippen LogP contribution in [0.15, 0.2) is 24.3 Å². The lowest BCUT2D eigenvalue weighted by Crippen LogP contribution is -2.02. The summed E-state index contributed by atoms with van der Waals surface area (Å²) in [5.41, 5.74) is 0. The lowest BCUT2D eigenvalue weighted by Gasteiger charge is -2.03. The van der Waals surface area contributed by atoms with E-state index in [0.29, 0.717) is 13.0 Å². The second kappa shape index (κ2) is 18.8. The van der Waals surface area contributed by atoms with E-state index < -0.39 is 5.97 Å². The van der Waals surface area contributed by atoms with E-state index in [2.05, 4.69) is 0 Å². The number of carbonyl (C=O) groups is 2. The normalized spacial score (nSPS) is 11.4. The number of unbranched alkanes of at least 4 members (excludes halogenated alkanes) is 11. The van der Waals surface area contributed by atoms with Crippen molar-refractivity contribution in [3.8, 4) is 0 Å². The Kier molecular flexibility index (Phi) is 17.6. The maximum Gasteiger partial charge on any atom is 0.330 e. The van der Waals surface area contributed by atoms with Crippen molar-refractivity contribution in [1.29, 1.82) is 0 Å². The molecule has 0 aliphatic heterocycles.